The highest BCUT2D eigenvalue weighted by Gasteiger charge is 2.18. The molecule has 0 aliphatic heterocycles. The van der Waals surface area contributed by atoms with Crippen molar-refractivity contribution >= 4 is 11.0 Å². The maximum atomic E-state index is 11.8. The monoisotopic (exact) mass is 203 g/mol. The summed E-state index contributed by atoms with van der Waals surface area (Å²) in [6, 6.07) is 1.86. The lowest BCUT2D eigenvalue weighted by atomic mass is 9.88. The summed E-state index contributed by atoms with van der Waals surface area (Å²) in [5, 5.41) is 0.863. The minimum absolute atomic E-state index is 0.0753. The van der Waals surface area contributed by atoms with Crippen LogP contribution in [0.5, 0.6) is 0 Å². The predicted octanol–water partition coefficient (Wildman–Crippen LogP) is 1.62. The van der Waals surface area contributed by atoms with Gasteiger partial charge in [-0.15, -0.1) is 0 Å². The van der Waals surface area contributed by atoms with Gasteiger partial charge in [0.1, 0.15) is 12.0 Å². The number of H-pyrrole nitrogens is 1. The highest BCUT2D eigenvalue weighted by atomic mass is 16.1. The Hall–Kier alpha value is -1.71. The number of nitrogens with zero attached hydrogens (tertiary/aromatic N) is 2. The number of aromatic amines is 1. The van der Waals surface area contributed by atoms with Gasteiger partial charge >= 0.3 is 0 Å². The summed E-state index contributed by atoms with van der Waals surface area (Å²) < 4.78 is 0. The quantitative estimate of drug-likeness (QED) is 0.707. The number of rotatable bonds is 0. The second-order valence-corrected chi connectivity index (χ2v) is 4.59. The van der Waals surface area contributed by atoms with Crippen LogP contribution in [0.2, 0.25) is 0 Å². The molecule has 1 N–H and O–H groups in total. The van der Waals surface area contributed by atoms with E-state index in [0.29, 0.717) is 5.65 Å². The first kappa shape index (κ1) is 9.83. The number of aromatic nitrogens is 3. The van der Waals surface area contributed by atoms with E-state index in [4.69, 9.17) is 0 Å². The van der Waals surface area contributed by atoms with Gasteiger partial charge in [-0.25, -0.2) is 9.97 Å². The van der Waals surface area contributed by atoms with Gasteiger partial charge in [0.05, 0.1) is 0 Å². The number of hydrogen-bond donors (Lipinski definition) is 1. The molecule has 2 aromatic heterocycles. The van der Waals surface area contributed by atoms with Crippen molar-refractivity contribution in [1.29, 1.82) is 0 Å². The molecule has 0 atom stereocenters. The van der Waals surface area contributed by atoms with Crippen LogP contribution in [0, 0.1) is 0 Å². The smallest absolute Gasteiger partial charge is 0.253 e. The molecule has 4 nitrogen and oxygen atoms in total. The molecule has 0 saturated carbocycles. The molecule has 78 valence electrons. The lowest BCUT2D eigenvalue weighted by Crippen LogP contribution is -2.24. The molecular weight excluding hydrogens is 190 g/mol. The number of fused-ring (bicyclic) bond motifs is 1. The van der Waals surface area contributed by atoms with Crippen molar-refractivity contribution in [1.82, 2.24) is 15.0 Å². The fourth-order valence-corrected chi connectivity index (χ4v) is 1.50. The van der Waals surface area contributed by atoms with E-state index in [9.17, 15) is 4.79 Å². The second kappa shape index (κ2) is 3.15. The van der Waals surface area contributed by atoms with Crippen LogP contribution in [0.15, 0.2) is 23.4 Å². The Morgan fingerprint density at radius 3 is 2.73 bits per heavy atom. The Morgan fingerprint density at radius 2 is 2.07 bits per heavy atom. The summed E-state index contributed by atoms with van der Waals surface area (Å²) >= 11 is 0. The highest BCUT2D eigenvalue weighted by molar-refractivity contribution is 5.73. The van der Waals surface area contributed by atoms with Crippen LogP contribution < -0.4 is 5.56 Å². The van der Waals surface area contributed by atoms with Crippen molar-refractivity contribution in [3.8, 4) is 0 Å². The molecule has 0 spiro atoms. The zero-order valence-corrected chi connectivity index (χ0v) is 9.03. The van der Waals surface area contributed by atoms with Crippen molar-refractivity contribution in [2.24, 2.45) is 0 Å². The van der Waals surface area contributed by atoms with Crippen molar-refractivity contribution < 1.29 is 0 Å². The second-order valence-electron chi connectivity index (χ2n) is 4.59. The Labute approximate surface area is 87.4 Å². The van der Waals surface area contributed by atoms with Crippen LogP contribution >= 0.6 is 0 Å². The van der Waals surface area contributed by atoms with Gasteiger partial charge in [-0.1, -0.05) is 20.8 Å². The topological polar surface area (TPSA) is 58.6 Å². The van der Waals surface area contributed by atoms with Crippen LogP contribution in [0.4, 0.5) is 0 Å². The molecule has 15 heavy (non-hydrogen) atoms. The zero-order valence-electron chi connectivity index (χ0n) is 9.03. The van der Waals surface area contributed by atoms with E-state index in [1.54, 1.807) is 6.20 Å². The van der Waals surface area contributed by atoms with Gasteiger partial charge < -0.3 is 4.98 Å². The first-order valence-corrected chi connectivity index (χ1v) is 4.82. The Bertz CT molecular complexity index is 551. The fourth-order valence-electron chi connectivity index (χ4n) is 1.50. The van der Waals surface area contributed by atoms with Crippen molar-refractivity contribution in [3.63, 3.8) is 0 Å². The molecule has 0 aromatic carbocycles. The minimum atomic E-state index is -0.169. The van der Waals surface area contributed by atoms with E-state index >= 15 is 0 Å². The summed E-state index contributed by atoms with van der Waals surface area (Å²) in [5.74, 6) is 0. The van der Waals surface area contributed by atoms with Gasteiger partial charge in [0.2, 0.25) is 0 Å². The van der Waals surface area contributed by atoms with Crippen LogP contribution in [-0.4, -0.2) is 15.0 Å². The van der Waals surface area contributed by atoms with Crippen molar-refractivity contribution in [2.45, 2.75) is 26.2 Å². The molecule has 2 heterocycles. The molecular formula is C11H13N3O. The molecule has 4 heteroatoms. The average Bonchev–Trinajstić information content (AvgIpc) is 2.15. The number of pyridine rings is 1. The predicted molar refractivity (Wildman–Crippen MR) is 58.9 cm³/mol. The van der Waals surface area contributed by atoms with Gasteiger partial charge in [0, 0.05) is 17.1 Å². The van der Waals surface area contributed by atoms with Gasteiger partial charge in [0.15, 0.2) is 0 Å². The van der Waals surface area contributed by atoms with Gasteiger partial charge in [-0.05, 0) is 11.5 Å². The summed E-state index contributed by atoms with van der Waals surface area (Å²) in [6.07, 6.45) is 3.13. The Kier molecular flexibility index (Phi) is 2.07. The fraction of sp³-hybridized carbons (Fsp3) is 0.364. The van der Waals surface area contributed by atoms with Crippen LogP contribution in [-0.2, 0) is 5.41 Å². The summed E-state index contributed by atoms with van der Waals surface area (Å²) in [6.45, 7) is 6.02. The Morgan fingerprint density at radius 1 is 1.33 bits per heavy atom. The number of nitrogens with one attached hydrogen (secondary N) is 1. The summed E-state index contributed by atoms with van der Waals surface area (Å²) in [4.78, 5) is 22.5. The Balaban J connectivity index is 2.79. The van der Waals surface area contributed by atoms with E-state index in [2.05, 4.69) is 15.0 Å². The molecule has 0 saturated heterocycles. The molecule has 0 bridgehead atoms. The van der Waals surface area contributed by atoms with Gasteiger partial charge in [-0.2, -0.15) is 0 Å². The molecule has 0 radical (unpaired) electrons. The lowest BCUT2D eigenvalue weighted by Gasteiger charge is -2.17. The summed E-state index contributed by atoms with van der Waals surface area (Å²) in [7, 11) is 0. The van der Waals surface area contributed by atoms with Crippen LogP contribution in [0.3, 0.4) is 0 Å². The molecule has 2 rings (SSSR count). The van der Waals surface area contributed by atoms with E-state index < -0.39 is 0 Å². The standard InChI is InChI=1S/C11H13N3O/c1-11(2,3)8-4-7-5-12-6-13-9(7)14-10(8)15/h4-6H,1-3H3,(H,12,13,14,15). The highest BCUT2D eigenvalue weighted by Crippen LogP contribution is 2.20. The average molecular weight is 203 g/mol. The molecule has 0 aliphatic carbocycles. The lowest BCUT2D eigenvalue weighted by molar-refractivity contribution is 0.583. The van der Waals surface area contributed by atoms with E-state index in [0.717, 1.165) is 10.9 Å². The van der Waals surface area contributed by atoms with E-state index in [1.807, 2.05) is 26.8 Å². The minimum Gasteiger partial charge on any atom is -0.306 e. The molecule has 0 amide bonds. The third kappa shape index (κ3) is 1.75. The van der Waals surface area contributed by atoms with Gasteiger partial charge in [-0.3, -0.25) is 4.79 Å². The maximum absolute atomic E-state index is 11.8. The molecule has 0 fully saturated rings. The normalized spacial score (nSPS) is 11.9. The van der Waals surface area contributed by atoms with E-state index in [-0.39, 0.29) is 11.0 Å². The zero-order chi connectivity index (χ0) is 11.1. The molecule has 0 unspecified atom stereocenters. The van der Waals surface area contributed by atoms with Crippen molar-refractivity contribution in [2.75, 3.05) is 0 Å². The first-order chi connectivity index (χ1) is 6.98. The third-order valence-electron chi connectivity index (χ3n) is 2.32. The maximum Gasteiger partial charge on any atom is 0.253 e. The third-order valence-corrected chi connectivity index (χ3v) is 2.32. The number of hydrogen-bond acceptors (Lipinski definition) is 3. The van der Waals surface area contributed by atoms with E-state index in [1.165, 1.54) is 6.33 Å². The SMILES string of the molecule is CC(C)(C)c1cc2cncnc2[nH]c1=O. The largest absolute Gasteiger partial charge is 0.306 e. The van der Waals surface area contributed by atoms with Gasteiger partial charge in [0.25, 0.3) is 5.56 Å². The molecule has 0 aliphatic rings. The van der Waals surface area contributed by atoms with Crippen LogP contribution in [0.25, 0.3) is 11.0 Å². The first-order valence-electron chi connectivity index (χ1n) is 4.82. The molecule has 2 aromatic rings. The summed E-state index contributed by atoms with van der Waals surface area (Å²) in [5.41, 5.74) is 1.10. The van der Waals surface area contributed by atoms with Crippen LogP contribution in [0.1, 0.15) is 26.3 Å². The van der Waals surface area contributed by atoms with Crippen molar-refractivity contribution in [3.05, 3.63) is 34.5 Å².